The predicted octanol–water partition coefficient (Wildman–Crippen LogP) is 4.33. The Balaban J connectivity index is 1.56. The molecule has 0 heterocycles. The lowest BCUT2D eigenvalue weighted by atomic mass is 9.72. The van der Waals surface area contributed by atoms with E-state index >= 15 is 0 Å². The number of methoxy groups -OCH3 is 2. The van der Waals surface area contributed by atoms with Crippen LogP contribution in [0, 0.1) is 11.8 Å². The van der Waals surface area contributed by atoms with Crippen LogP contribution in [0.25, 0.3) is 0 Å². The Kier molecular flexibility index (Phi) is 4.92. The maximum absolute atomic E-state index is 13.4. The lowest BCUT2D eigenvalue weighted by molar-refractivity contribution is -0.129. The first kappa shape index (κ1) is 17.4. The van der Waals surface area contributed by atoms with Crippen LogP contribution in [0.5, 0.6) is 11.5 Å². The van der Waals surface area contributed by atoms with Gasteiger partial charge >= 0.3 is 0 Å². The number of hydrogen-bond acceptors (Lipinski definition) is 3. The van der Waals surface area contributed by atoms with Crippen LogP contribution in [0.15, 0.2) is 29.8 Å². The second kappa shape index (κ2) is 7.34. The minimum absolute atomic E-state index is 0.264. The van der Waals surface area contributed by atoms with Crippen LogP contribution in [0.1, 0.15) is 50.5 Å². The summed E-state index contributed by atoms with van der Waals surface area (Å²) >= 11 is 0. The van der Waals surface area contributed by atoms with Gasteiger partial charge in [-0.2, -0.15) is 0 Å². The molecule has 140 valence electrons. The van der Waals surface area contributed by atoms with E-state index in [9.17, 15) is 4.79 Å². The minimum Gasteiger partial charge on any atom is -0.497 e. The maximum Gasteiger partial charge on any atom is 0.250 e. The molecule has 1 aromatic rings. The highest BCUT2D eigenvalue weighted by molar-refractivity contribution is 5.94. The summed E-state index contributed by atoms with van der Waals surface area (Å²) in [5.41, 5.74) is 2.15. The summed E-state index contributed by atoms with van der Waals surface area (Å²) in [7, 11) is 3.32. The second-order valence-corrected chi connectivity index (χ2v) is 8.01. The highest BCUT2D eigenvalue weighted by atomic mass is 16.5. The molecule has 4 heteroatoms. The van der Waals surface area contributed by atoms with Crippen molar-refractivity contribution in [1.29, 1.82) is 0 Å². The number of allylic oxidation sites excluding steroid dienone is 1. The zero-order valence-electron chi connectivity index (χ0n) is 15.9. The zero-order valence-corrected chi connectivity index (χ0v) is 15.9. The van der Waals surface area contributed by atoms with E-state index in [1.54, 1.807) is 14.2 Å². The zero-order chi connectivity index (χ0) is 18.1. The van der Waals surface area contributed by atoms with Crippen molar-refractivity contribution >= 4 is 5.91 Å². The van der Waals surface area contributed by atoms with Crippen LogP contribution in [0.2, 0.25) is 0 Å². The van der Waals surface area contributed by atoms with Gasteiger partial charge in [0.15, 0.2) is 0 Å². The average molecular weight is 355 g/mol. The fourth-order valence-corrected chi connectivity index (χ4v) is 4.58. The molecule has 2 saturated carbocycles. The summed E-state index contributed by atoms with van der Waals surface area (Å²) in [4.78, 5) is 15.5. The molecule has 1 aromatic carbocycles. The van der Waals surface area contributed by atoms with Gasteiger partial charge in [-0.25, -0.2) is 0 Å². The molecule has 2 atom stereocenters. The molecule has 0 saturated heterocycles. The number of carbonyl (C=O) groups is 1. The number of benzene rings is 1. The Morgan fingerprint density at radius 2 is 1.81 bits per heavy atom. The number of ether oxygens (including phenoxy) is 2. The van der Waals surface area contributed by atoms with Gasteiger partial charge in [0, 0.05) is 24.2 Å². The van der Waals surface area contributed by atoms with Gasteiger partial charge in [-0.15, -0.1) is 0 Å². The van der Waals surface area contributed by atoms with Crippen molar-refractivity contribution in [2.75, 3.05) is 14.2 Å². The van der Waals surface area contributed by atoms with Crippen molar-refractivity contribution in [2.45, 2.75) is 57.5 Å². The molecular formula is C22H29NO3. The Bertz CT molecular complexity index is 685. The molecule has 2 unspecified atom stereocenters. The number of carbonyl (C=O) groups excluding carboxylic acids is 1. The number of nitrogens with zero attached hydrogens (tertiary/aromatic N) is 1. The summed E-state index contributed by atoms with van der Waals surface area (Å²) in [6.45, 7) is 0.630. The molecule has 0 spiro atoms. The number of fused-ring (bicyclic) bond motifs is 2. The molecular weight excluding hydrogens is 326 g/mol. The SMILES string of the molecule is COc1cc(CN(C(=O)C2=CCC3CCCC2C3)C2CC2)cc(OC)c1. The lowest BCUT2D eigenvalue weighted by Gasteiger charge is -2.36. The van der Waals surface area contributed by atoms with Crippen LogP contribution >= 0.6 is 0 Å². The van der Waals surface area contributed by atoms with E-state index in [4.69, 9.17) is 9.47 Å². The van der Waals surface area contributed by atoms with Crippen LogP contribution in [0.3, 0.4) is 0 Å². The summed E-state index contributed by atoms with van der Waals surface area (Å²) in [5.74, 6) is 3.10. The van der Waals surface area contributed by atoms with Gasteiger partial charge in [-0.3, -0.25) is 4.79 Å². The first-order chi connectivity index (χ1) is 12.7. The van der Waals surface area contributed by atoms with Gasteiger partial charge in [0.05, 0.1) is 14.2 Å². The summed E-state index contributed by atoms with van der Waals surface area (Å²) in [6.07, 6.45) is 10.6. The first-order valence-electron chi connectivity index (χ1n) is 9.91. The van der Waals surface area contributed by atoms with Crippen molar-refractivity contribution in [3.05, 3.63) is 35.4 Å². The quantitative estimate of drug-likeness (QED) is 0.762. The van der Waals surface area contributed by atoms with Gasteiger partial charge in [0.25, 0.3) is 0 Å². The van der Waals surface area contributed by atoms with Crippen molar-refractivity contribution in [3.8, 4) is 11.5 Å². The highest BCUT2D eigenvalue weighted by Gasteiger charge is 2.38. The fraction of sp³-hybridized carbons (Fsp3) is 0.591. The lowest BCUT2D eigenvalue weighted by Crippen LogP contribution is -2.37. The minimum atomic E-state index is 0.264. The van der Waals surface area contributed by atoms with E-state index < -0.39 is 0 Å². The van der Waals surface area contributed by atoms with Crippen LogP contribution < -0.4 is 9.47 Å². The fourth-order valence-electron chi connectivity index (χ4n) is 4.58. The third-order valence-electron chi connectivity index (χ3n) is 6.15. The molecule has 1 amide bonds. The third-order valence-corrected chi connectivity index (χ3v) is 6.15. The van der Waals surface area contributed by atoms with Crippen LogP contribution in [0.4, 0.5) is 0 Å². The second-order valence-electron chi connectivity index (χ2n) is 8.01. The molecule has 4 nitrogen and oxygen atoms in total. The third kappa shape index (κ3) is 3.60. The van der Waals surface area contributed by atoms with Gasteiger partial charge < -0.3 is 14.4 Å². The largest absolute Gasteiger partial charge is 0.497 e. The number of rotatable bonds is 6. The normalized spacial score (nSPS) is 24.6. The Hall–Kier alpha value is -1.97. The van der Waals surface area contributed by atoms with E-state index in [1.165, 1.54) is 25.7 Å². The molecule has 26 heavy (non-hydrogen) atoms. The molecule has 0 radical (unpaired) electrons. The van der Waals surface area contributed by atoms with E-state index in [-0.39, 0.29) is 5.91 Å². The van der Waals surface area contributed by atoms with E-state index in [0.29, 0.717) is 18.5 Å². The molecule has 0 N–H and O–H groups in total. The molecule has 4 rings (SSSR count). The molecule has 2 bridgehead atoms. The van der Waals surface area contributed by atoms with Gasteiger partial charge in [-0.1, -0.05) is 18.9 Å². The first-order valence-corrected chi connectivity index (χ1v) is 9.91. The van der Waals surface area contributed by atoms with E-state index in [2.05, 4.69) is 11.0 Å². The number of amides is 1. The summed E-state index contributed by atoms with van der Waals surface area (Å²) < 4.78 is 10.8. The molecule has 3 aliphatic carbocycles. The van der Waals surface area contributed by atoms with Crippen molar-refractivity contribution < 1.29 is 14.3 Å². The van der Waals surface area contributed by atoms with Gasteiger partial charge in [-0.05, 0) is 61.6 Å². The van der Waals surface area contributed by atoms with Crippen LogP contribution in [-0.2, 0) is 11.3 Å². The van der Waals surface area contributed by atoms with Crippen molar-refractivity contribution in [3.63, 3.8) is 0 Å². The molecule has 0 aliphatic heterocycles. The standard InChI is InChI=1S/C22H29NO3/c1-25-19-11-16(12-20(13-19)26-2)14-23(18-7-8-18)22(24)21-9-6-15-4-3-5-17(21)10-15/h9,11-13,15,17-18H,3-8,10,14H2,1-2H3. The van der Waals surface area contributed by atoms with Crippen molar-refractivity contribution in [1.82, 2.24) is 4.90 Å². The topological polar surface area (TPSA) is 38.8 Å². The van der Waals surface area contributed by atoms with Gasteiger partial charge in [0.2, 0.25) is 5.91 Å². The molecule has 2 fully saturated rings. The monoisotopic (exact) mass is 355 g/mol. The van der Waals surface area contributed by atoms with Gasteiger partial charge in [0.1, 0.15) is 11.5 Å². The molecule has 3 aliphatic rings. The Labute approximate surface area is 156 Å². The maximum atomic E-state index is 13.4. The Morgan fingerprint density at radius 3 is 2.46 bits per heavy atom. The van der Waals surface area contributed by atoms with Crippen LogP contribution in [-0.4, -0.2) is 31.1 Å². The number of hydrogen-bond donors (Lipinski definition) is 0. The molecule has 0 aromatic heterocycles. The smallest absolute Gasteiger partial charge is 0.250 e. The summed E-state index contributed by atoms with van der Waals surface area (Å²) in [5, 5.41) is 0. The summed E-state index contributed by atoms with van der Waals surface area (Å²) in [6, 6.07) is 6.29. The highest BCUT2D eigenvalue weighted by Crippen LogP contribution is 2.42. The van der Waals surface area contributed by atoms with E-state index in [1.807, 2.05) is 18.2 Å². The predicted molar refractivity (Wildman–Crippen MR) is 101 cm³/mol. The van der Waals surface area contributed by atoms with E-state index in [0.717, 1.165) is 47.8 Å². The average Bonchev–Trinajstić information content (AvgIpc) is 3.50. The Morgan fingerprint density at radius 1 is 1.08 bits per heavy atom. The van der Waals surface area contributed by atoms with Crippen molar-refractivity contribution in [2.24, 2.45) is 11.8 Å².